The van der Waals surface area contributed by atoms with Crippen molar-refractivity contribution in [1.82, 2.24) is 14.5 Å². The molecule has 0 amide bonds. The molecule has 6 aromatic rings. The molecule has 0 atom stereocenters. The Balaban J connectivity index is 1.79. The molecular formula is C27H23N4O+. The molecule has 0 aliphatic heterocycles. The monoisotopic (exact) mass is 419 g/mol. The van der Waals surface area contributed by atoms with Crippen LogP contribution in [0.15, 0.2) is 71.4 Å². The largest absolute Gasteiger partial charge is 0.454 e. The summed E-state index contributed by atoms with van der Waals surface area (Å²) in [4.78, 5) is 9.46. The van der Waals surface area contributed by atoms with E-state index >= 15 is 0 Å². The number of pyridine rings is 2. The first kappa shape index (κ1) is 18.8. The molecule has 0 aliphatic rings. The zero-order valence-corrected chi connectivity index (χ0v) is 18.5. The van der Waals surface area contributed by atoms with Crippen LogP contribution >= 0.6 is 0 Å². The minimum absolute atomic E-state index is 0.798. The average molecular weight is 420 g/mol. The fourth-order valence-corrected chi connectivity index (χ4v) is 4.72. The SMILES string of the molecule is Cc1cc2c(cn1)oc1c(-c3cccc[n+]3C)c(C)c(-c3nc4ccccc4n3C)cc12. The van der Waals surface area contributed by atoms with Gasteiger partial charge in [0, 0.05) is 41.2 Å². The van der Waals surface area contributed by atoms with Crippen LogP contribution < -0.4 is 4.57 Å². The summed E-state index contributed by atoms with van der Waals surface area (Å²) in [5.41, 5.74) is 9.19. The highest BCUT2D eigenvalue weighted by molar-refractivity contribution is 6.11. The lowest BCUT2D eigenvalue weighted by molar-refractivity contribution is -0.660. The van der Waals surface area contributed by atoms with Gasteiger partial charge in [0.25, 0.3) is 0 Å². The van der Waals surface area contributed by atoms with E-state index in [2.05, 4.69) is 83.8 Å². The molecule has 4 heterocycles. The Hall–Kier alpha value is -3.99. The molecule has 5 nitrogen and oxygen atoms in total. The van der Waals surface area contributed by atoms with Gasteiger partial charge in [-0.2, -0.15) is 0 Å². The first-order valence-corrected chi connectivity index (χ1v) is 10.7. The van der Waals surface area contributed by atoms with Crippen LogP contribution in [-0.4, -0.2) is 14.5 Å². The summed E-state index contributed by atoms with van der Waals surface area (Å²) in [7, 11) is 4.15. The van der Waals surface area contributed by atoms with Gasteiger partial charge in [0.2, 0.25) is 5.69 Å². The van der Waals surface area contributed by atoms with E-state index in [-0.39, 0.29) is 0 Å². The van der Waals surface area contributed by atoms with Crippen LogP contribution in [0.5, 0.6) is 0 Å². The van der Waals surface area contributed by atoms with Gasteiger partial charge >= 0.3 is 0 Å². The van der Waals surface area contributed by atoms with Gasteiger partial charge in [-0.3, -0.25) is 4.98 Å². The zero-order valence-electron chi connectivity index (χ0n) is 18.5. The lowest BCUT2D eigenvalue weighted by Crippen LogP contribution is -2.30. The molecule has 0 saturated carbocycles. The molecule has 4 aromatic heterocycles. The number of nitrogens with zero attached hydrogens (tertiary/aromatic N) is 4. The maximum absolute atomic E-state index is 6.41. The molecule has 0 saturated heterocycles. The Kier molecular flexibility index (Phi) is 3.96. The summed E-state index contributed by atoms with van der Waals surface area (Å²) in [6.07, 6.45) is 3.89. The molecule has 0 fully saturated rings. The van der Waals surface area contributed by atoms with Crippen molar-refractivity contribution in [3.05, 3.63) is 78.2 Å². The van der Waals surface area contributed by atoms with E-state index in [1.165, 1.54) is 0 Å². The summed E-state index contributed by atoms with van der Waals surface area (Å²) in [6, 6.07) is 18.8. The fourth-order valence-electron chi connectivity index (χ4n) is 4.72. The summed E-state index contributed by atoms with van der Waals surface area (Å²) in [5.74, 6) is 0.950. The molecule has 0 bridgehead atoms. The summed E-state index contributed by atoms with van der Waals surface area (Å²) in [5, 5.41) is 2.16. The van der Waals surface area contributed by atoms with Gasteiger partial charge in [0.05, 0.1) is 22.8 Å². The molecular weight excluding hydrogens is 396 g/mol. The van der Waals surface area contributed by atoms with Crippen LogP contribution in [0.4, 0.5) is 0 Å². The van der Waals surface area contributed by atoms with Crippen molar-refractivity contribution in [3.8, 4) is 22.6 Å². The Morgan fingerprint density at radius 3 is 2.59 bits per heavy atom. The number of fused-ring (bicyclic) bond motifs is 4. The maximum Gasteiger partial charge on any atom is 0.216 e. The van der Waals surface area contributed by atoms with E-state index in [1.807, 2.05) is 25.3 Å². The van der Waals surface area contributed by atoms with Gasteiger partial charge in [0.15, 0.2) is 11.8 Å². The van der Waals surface area contributed by atoms with E-state index in [4.69, 9.17) is 9.40 Å². The standard InChI is InChI=1S/C27H23N4O/c1-16-13-19-20-14-18(27-29-21-9-5-6-10-22(21)31(27)4)17(2)25(23-11-7-8-12-30(23)3)26(20)32-24(19)15-28-16/h5-15H,1-4H3/q+1. The Bertz CT molecular complexity index is 1670. The highest BCUT2D eigenvalue weighted by Gasteiger charge is 2.25. The average Bonchev–Trinajstić information content (AvgIpc) is 3.31. The Morgan fingerprint density at radius 1 is 0.969 bits per heavy atom. The van der Waals surface area contributed by atoms with E-state index < -0.39 is 0 Å². The molecule has 2 aromatic carbocycles. The summed E-state index contributed by atoms with van der Waals surface area (Å²) in [6.45, 7) is 4.17. The lowest BCUT2D eigenvalue weighted by atomic mass is 9.95. The molecule has 6 rings (SSSR count). The predicted octanol–water partition coefficient (Wildman–Crippen LogP) is 5.64. The van der Waals surface area contributed by atoms with Crippen molar-refractivity contribution >= 4 is 33.0 Å². The topological polar surface area (TPSA) is 47.7 Å². The van der Waals surface area contributed by atoms with Crippen LogP contribution in [0, 0.1) is 13.8 Å². The molecule has 0 aliphatic carbocycles. The van der Waals surface area contributed by atoms with Crippen molar-refractivity contribution < 1.29 is 8.98 Å². The molecule has 156 valence electrons. The first-order valence-electron chi connectivity index (χ1n) is 10.7. The van der Waals surface area contributed by atoms with Gasteiger partial charge in [-0.05, 0) is 49.7 Å². The number of aromatic nitrogens is 4. The highest BCUT2D eigenvalue weighted by atomic mass is 16.3. The van der Waals surface area contributed by atoms with Crippen molar-refractivity contribution in [2.75, 3.05) is 0 Å². The number of benzene rings is 2. The van der Waals surface area contributed by atoms with E-state index in [1.54, 1.807) is 0 Å². The summed E-state index contributed by atoms with van der Waals surface area (Å²) < 4.78 is 10.7. The van der Waals surface area contributed by atoms with Crippen LogP contribution in [0.1, 0.15) is 11.3 Å². The third-order valence-corrected chi connectivity index (χ3v) is 6.38. The number of hydrogen-bond donors (Lipinski definition) is 0. The van der Waals surface area contributed by atoms with Gasteiger partial charge in [-0.25, -0.2) is 9.55 Å². The first-order chi connectivity index (χ1) is 15.5. The number of rotatable bonds is 2. The molecule has 0 N–H and O–H groups in total. The third kappa shape index (κ3) is 2.61. The van der Waals surface area contributed by atoms with Crippen molar-refractivity contribution in [3.63, 3.8) is 0 Å². The third-order valence-electron chi connectivity index (χ3n) is 6.38. The smallest absolute Gasteiger partial charge is 0.216 e. The quantitative estimate of drug-likeness (QED) is 0.341. The second-order valence-corrected chi connectivity index (χ2v) is 8.40. The lowest BCUT2D eigenvalue weighted by Gasteiger charge is -2.12. The minimum Gasteiger partial charge on any atom is -0.454 e. The highest BCUT2D eigenvalue weighted by Crippen LogP contribution is 2.41. The second kappa shape index (κ2) is 6.76. The van der Waals surface area contributed by atoms with Gasteiger partial charge < -0.3 is 8.98 Å². The fraction of sp³-hybridized carbons (Fsp3) is 0.148. The van der Waals surface area contributed by atoms with Crippen LogP contribution in [0.2, 0.25) is 0 Å². The van der Waals surface area contributed by atoms with E-state index in [9.17, 15) is 0 Å². The molecule has 0 unspecified atom stereocenters. The maximum atomic E-state index is 6.41. The molecule has 0 radical (unpaired) electrons. The number of hydrogen-bond acceptors (Lipinski definition) is 3. The van der Waals surface area contributed by atoms with Gasteiger partial charge in [0.1, 0.15) is 18.5 Å². The van der Waals surface area contributed by atoms with Crippen LogP contribution in [0.3, 0.4) is 0 Å². The minimum atomic E-state index is 0.798. The Morgan fingerprint density at radius 2 is 1.78 bits per heavy atom. The number of aryl methyl sites for hydroxylation is 3. The summed E-state index contributed by atoms with van der Waals surface area (Å²) >= 11 is 0. The molecule has 32 heavy (non-hydrogen) atoms. The van der Waals surface area contributed by atoms with Crippen molar-refractivity contribution in [2.24, 2.45) is 14.1 Å². The van der Waals surface area contributed by atoms with Crippen molar-refractivity contribution in [1.29, 1.82) is 0 Å². The van der Waals surface area contributed by atoms with Gasteiger partial charge in [-0.1, -0.05) is 12.1 Å². The second-order valence-electron chi connectivity index (χ2n) is 8.40. The van der Waals surface area contributed by atoms with Crippen LogP contribution in [0.25, 0.3) is 55.6 Å². The number of imidazole rings is 1. The van der Waals surface area contributed by atoms with Crippen molar-refractivity contribution in [2.45, 2.75) is 13.8 Å². The van der Waals surface area contributed by atoms with Gasteiger partial charge in [-0.15, -0.1) is 0 Å². The normalized spacial score (nSPS) is 11.8. The predicted molar refractivity (Wildman–Crippen MR) is 127 cm³/mol. The molecule has 5 heteroatoms. The zero-order chi connectivity index (χ0) is 22.0. The van der Waals surface area contributed by atoms with E-state index in [0.717, 1.165) is 66.9 Å². The van der Waals surface area contributed by atoms with Crippen LogP contribution in [-0.2, 0) is 14.1 Å². The molecule has 0 spiro atoms. The van der Waals surface area contributed by atoms with E-state index in [0.29, 0.717) is 0 Å². The Labute approximate surface area is 185 Å². The number of furan rings is 1. The number of para-hydroxylation sites is 2.